The van der Waals surface area contributed by atoms with Crippen molar-refractivity contribution >= 4 is 6.29 Å². The van der Waals surface area contributed by atoms with E-state index < -0.39 is 17.4 Å². The summed E-state index contributed by atoms with van der Waals surface area (Å²) in [6.45, 7) is 0. The molecule has 100 valence electrons. The Morgan fingerprint density at radius 2 is 1.89 bits per heavy atom. The van der Waals surface area contributed by atoms with Crippen LogP contribution in [0.15, 0.2) is 30.3 Å². The van der Waals surface area contributed by atoms with Crippen LogP contribution in [0.25, 0.3) is 0 Å². The second-order valence-corrected chi connectivity index (χ2v) is 3.72. The summed E-state index contributed by atoms with van der Waals surface area (Å²) in [4.78, 5) is 10.9. The van der Waals surface area contributed by atoms with Gasteiger partial charge in [0, 0.05) is 7.05 Å². The lowest BCUT2D eigenvalue weighted by atomic mass is 10.2. The molecule has 2 rings (SSSR count). The molecule has 0 aliphatic rings. The molecule has 4 nitrogen and oxygen atoms in total. The van der Waals surface area contributed by atoms with E-state index in [2.05, 4.69) is 5.10 Å². The van der Waals surface area contributed by atoms with Gasteiger partial charge < -0.3 is 4.74 Å². The van der Waals surface area contributed by atoms with E-state index in [-0.39, 0.29) is 12.2 Å². The van der Waals surface area contributed by atoms with Crippen LogP contribution < -0.4 is 4.74 Å². The van der Waals surface area contributed by atoms with Crippen molar-refractivity contribution in [3.63, 3.8) is 0 Å². The first-order valence-electron chi connectivity index (χ1n) is 5.25. The Morgan fingerprint density at radius 3 is 2.42 bits per heavy atom. The average molecular weight is 270 g/mol. The summed E-state index contributed by atoms with van der Waals surface area (Å²) >= 11 is 0. The third-order valence-electron chi connectivity index (χ3n) is 2.37. The zero-order valence-electron chi connectivity index (χ0n) is 9.81. The summed E-state index contributed by atoms with van der Waals surface area (Å²) in [5.74, 6) is 0.0795. The molecule has 0 atom stereocenters. The predicted octanol–water partition coefficient (Wildman–Crippen LogP) is 3.04. The number of aryl methyl sites for hydroxylation is 1. The molecule has 0 fully saturated rings. The van der Waals surface area contributed by atoms with Gasteiger partial charge in [0.05, 0.1) is 0 Å². The summed E-state index contributed by atoms with van der Waals surface area (Å²) in [7, 11) is 1.28. The van der Waals surface area contributed by atoms with Gasteiger partial charge in [-0.2, -0.15) is 18.3 Å². The molecule has 2 aromatic rings. The SMILES string of the molecule is Cn1nc(C(F)(F)F)c(C=O)c1Oc1ccccc1. The molecule has 0 N–H and O–H groups in total. The van der Waals surface area contributed by atoms with Gasteiger partial charge in [0.2, 0.25) is 5.88 Å². The molecule has 19 heavy (non-hydrogen) atoms. The molecule has 7 heteroatoms. The van der Waals surface area contributed by atoms with Crippen molar-refractivity contribution in [3.05, 3.63) is 41.6 Å². The number of aromatic nitrogens is 2. The van der Waals surface area contributed by atoms with Crippen LogP contribution in [0.5, 0.6) is 11.6 Å². The van der Waals surface area contributed by atoms with Crippen LogP contribution in [0.2, 0.25) is 0 Å². The number of hydrogen-bond donors (Lipinski definition) is 0. The van der Waals surface area contributed by atoms with Crippen LogP contribution in [0.4, 0.5) is 13.2 Å². The molecule has 0 aliphatic carbocycles. The molecule has 0 aliphatic heterocycles. The van der Waals surface area contributed by atoms with Crippen LogP contribution in [-0.4, -0.2) is 16.1 Å². The molecule has 0 amide bonds. The first kappa shape index (κ1) is 13.1. The van der Waals surface area contributed by atoms with Crippen molar-refractivity contribution < 1.29 is 22.7 Å². The molecular formula is C12H9F3N2O2. The maximum atomic E-state index is 12.7. The van der Waals surface area contributed by atoms with Crippen LogP contribution in [-0.2, 0) is 13.2 Å². The highest BCUT2D eigenvalue weighted by Crippen LogP contribution is 2.35. The largest absolute Gasteiger partial charge is 0.439 e. The molecule has 1 aromatic carbocycles. The number of nitrogens with zero attached hydrogens (tertiary/aromatic N) is 2. The van der Waals surface area contributed by atoms with Crippen LogP contribution in [0.3, 0.4) is 0 Å². The Kier molecular flexibility index (Phi) is 3.28. The second-order valence-electron chi connectivity index (χ2n) is 3.72. The zero-order valence-corrected chi connectivity index (χ0v) is 9.81. The van der Waals surface area contributed by atoms with Crippen molar-refractivity contribution in [2.24, 2.45) is 7.05 Å². The molecule has 0 saturated heterocycles. The summed E-state index contributed by atoms with van der Waals surface area (Å²) in [6.07, 6.45) is -4.61. The van der Waals surface area contributed by atoms with Gasteiger partial charge in [0.1, 0.15) is 11.3 Å². The lowest BCUT2D eigenvalue weighted by Crippen LogP contribution is -2.09. The summed E-state index contributed by atoms with van der Waals surface area (Å²) in [5.41, 5.74) is -1.87. The zero-order chi connectivity index (χ0) is 14.0. The Labute approximate surface area is 106 Å². The fraction of sp³-hybridized carbons (Fsp3) is 0.167. The first-order chi connectivity index (χ1) is 8.93. The molecule has 0 saturated carbocycles. The molecule has 0 radical (unpaired) electrons. The normalized spacial score (nSPS) is 11.4. The molecule has 0 unspecified atom stereocenters. The number of rotatable bonds is 3. The lowest BCUT2D eigenvalue weighted by molar-refractivity contribution is -0.141. The molecular weight excluding hydrogens is 261 g/mol. The van der Waals surface area contributed by atoms with E-state index in [4.69, 9.17) is 4.74 Å². The maximum Gasteiger partial charge on any atom is 0.436 e. The minimum Gasteiger partial charge on any atom is -0.439 e. The van der Waals surface area contributed by atoms with E-state index in [1.165, 1.54) is 7.05 Å². The minimum absolute atomic E-state index is 0.0914. The molecule has 0 spiro atoms. The quantitative estimate of drug-likeness (QED) is 0.805. The fourth-order valence-corrected chi connectivity index (χ4v) is 1.56. The fourth-order valence-electron chi connectivity index (χ4n) is 1.56. The number of hydrogen-bond acceptors (Lipinski definition) is 3. The highest BCUT2D eigenvalue weighted by Gasteiger charge is 2.39. The highest BCUT2D eigenvalue weighted by atomic mass is 19.4. The van der Waals surface area contributed by atoms with E-state index in [1.54, 1.807) is 30.3 Å². The Hall–Kier alpha value is -2.31. The van der Waals surface area contributed by atoms with Gasteiger partial charge in [-0.25, -0.2) is 4.68 Å². The number of aldehydes is 1. The predicted molar refractivity (Wildman–Crippen MR) is 60.1 cm³/mol. The van der Waals surface area contributed by atoms with Crippen LogP contribution >= 0.6 is 0 Å². The van der Waals surface area contributed by atoms with E-state index in [9.17, 15) is 18.0 Å². The first-order valence-corrected chi connectivity index (χ1v) is 5.25. The standard InChI is InChI=1S/C12H9F3N2O2/c1-17-11(19-8-5-3-2-4-6-8)9(7-18)10(16-17)12(13,14)15/h2-7H,1H3. The Bertz CT molecular complexity index is 591. The minimum atomic E-state index is -4.70. The van der Waals surface area contributed by atoms with E-state index in [0.29, 0.717) is 5.75 Å². The average Bonchev–Trinajstić information content (AvgIpc) is 2.68. The molecule has 1 heterocycles. The van der Waals surface area contributed by atoms with Gasteiger partial charge >= 0.3 is 6.18 Å². The lowest BCUT2D eigenvalue weighted by Gasteiger charge is -2.06. The van der Waals surface area contributed by atoms with Gasteiger partial charge in [-0.15, -0.1) is 0 Å². The van der Waals surface area contributed by atoms with Gasteiger partial charge in [0.15, 0.2) is 12.0 Å². The number of para-hydroxylation sites is 1. The highest BCUT2D eigenvalue weighted by molar-refractivity contribution is 5.80. The summed E-state index contributed by atoms with van der Waals surface area (Å²) < 4.78 is 44.2. The number of carbonyl (C=O) groups is 1. The van der Waals surface area contributed by atoms with Crippen molar-refractivity contribution in [1.82, 2.24) is 9.78 Å². The maximum absolute atomic E-state index is 12.7. The topological polar surface area (TPSA) is 44.1 Å². The van der Waals surface area contributed by atoms with Gasteiger partial charge in [-0.1, -0.05) is 18.2 Å². The second kappa shape index (κ2) is 4.75. The third-order valence-corrected chi connectivity index (χ3v) is 2.37. The van der Waals surface area contributed by atoms with Crippen molar-refractivity contribution in [1.29, 1.82) is 0 Å². The number of alkyl halides is 3. The van der Waals surface area contributed by atoms with Crippen molar-refractivity contribution in [3.8, 4) is 11.6 Å². The van der Waals surface area contributed by atoms with Gasteiger partial charge in [0.25, 0.3) is 0 Å². The smallest absolute Gasteiger partial charge is 0.436 e. The number of halogens is 3. The summed E-state index contributed by atoms with van der Waals surface area (Å²) in [5, 5.41) is 3.28. The third kappa shape index (κ3) is 2.59. The van der Waals surface area contributed by atoms with Crippen LogP contribution in [0, 0.1) is 0 Å². The number of ether oxygens (including phenoxy) is 1. The Morgan fingerprint density at radius 1 is 1.26 bits per heavy atom. The van der Waals surface area contributed by atoms with E-state index in [1.807, 2.05) is 0 Å². The summed E-state index contributed by atoms with van der Waals surface area (Å²) in [6, 6.07) is 8.19. The molecule has 0 bridgehead atoms. The Balaban J connectivity index is 2.46. The van der Waals surface area contributed by atoms with Crippen molar-refractivity contribution in [2.75, 3.05) is 0 Å². The van der Waals surface area contributed by atoms with Gasteiger partial charge in [-0.3, -0.25) is 4.79 Å². The van der Waals surface area contributed by atoms with Crippen molar-refractivity contribution in [2.45, 2.75) is 6.18 Å². The van der Waals surface area contributed by atoms with Crippen LogP contribution in [0.1, 0.15) is 16.1 Å². The number of carbonyl (C=O) groups excluding carboxylic acids is 1. The number of benzene rings is 1. The van der Waals surface area contributed by atoms with E-state index >= 15 is 0 Å². The molecule has 1 aromatic heterocycles. The van der Waals surface area contributed by atoms with E-state index in [0.717, 1.165) is 4.68 Å². The van der Waals surface area contributed by atoms with Gasteiger partial charge in [-0.05, 0) is 12.1 Å². The monoisotopic (exact) mass is 270 g/mol.